The fourth-order valence-electron chi connectivity index (χ4n) is 4.57. The lowest BCUT2D eigenvalue weighted by atomic mass is 9.69. The van der Waals surface area contributed by atoms with E-state index in [-0.39, 0.29) is 39.8 Å². The molecule has 2 aliphatic rings. The van der Waals surface area contributed by atoms with Gasteiger partial charge in [-0.2, -0.15) is 0 Å². The summed E-state index contributed by atoms with van der Waals surface area (Å²) in [5, 5.41) is 10.3. The Labute approximate surface area is 200 Å². The van der Waals surface area contributed by atoms with Gasteiger partial charge in [-0.15, -0.1) is 0 Å². The molecule has 0 saturated heterocycles. The monoisotopic (exact) mass is 491 g/mol. The minimum absolute atomic E-state index is 0.000699. The van der Waals surface area contributed by atoms with Gasteiger partial charge in [0.15, 0.2) is 5.78 Å². The molecule has 1 amide bonds. The average molecular weight is 493 g/mol. The van der Waals surface area contributed by atoms with Gasteiger partial charge in [0.2, 0.25) is 5.91 Å². The van der Waals surface area contributed by atoms with E-state index >= 15 is 0 Å². The summed E-state index contributed by atoms with van der Waals surface area (Å²) in [6.45, 7) is 3.92. The van der Waals surface area contributed by atoms with Crippen molar-refractivity contribution in [1.29, 1.82) is 0 Å². The van der Waals surface area contributed by atoms with Crippen LogP contribution in [-0.2, 0) is 9.59 Å². The van der Waals surface area contributed by atoms with E-state index in [1.54, 1.807) is 18.2 Å². The molecular weight excluding hydrogens is 473 g/mol. The van der Waals surface area contributed by atoms with E-state index < -0.39 is 11.9 Å². The molecule has 1 heterocycles. The fourth-order valence-corrected chi connectivity index (χ4v) is 5.21. The van der Waals surface area contributed by atoms with Crippen LogP contribution in [-0.4, -0.2) is 22.8 Å². The van der Waals surface area contributed by atoms with E-state index in [4.69, 9.17) is 34.8 Å². The fraction of sp³-hybridized carbons (Fsp3) is 0.292. The number of carboxylic acids is 1. The van der Waals surface area contributed by atoms with Gasteiger partial charge in [-0.25, -0.2) is 4.79 Å². The summed E-state index contributed by atoms with van der Waals surface area (Å²) in [6, 6.07) is 9.36. The number of benzene rings is 2. The van der Waals surface area contributed by atoms with Crippen molar-refractivity contribution in [2.45, 2.75) is 39.0 Å². The Balaban J connectivity index is 1.96. The van der Waals surface area contributed by atoms with Gasteiger partial charge >= 0.3 is 5.97 Å². The lowest BCUT2D eigenvalue weighted by Gasteiger charge is -2.43. The standard InChI is InChI=1S/C24H20Cl3NO4/c1-24(2)10-18-21(19(29)11-24)14(13-4-3-5-16(26)22(13)27)9-20(30)28(18)17-8-12(23(31)32)6-7-15(17)25/h3-8,14H,9-11H2,1-2H3,(H,31,32). The van der Waals surface area contributed by atoms with Crippen LogP contribution in [0.5, 0.6) is 0 Å². The van der Waals surface area contributed by atoms with Crippen LogP contribution in [0.1, 0.15) is 54.9 Å². The number of carboxylic acid groups (broad SMARTS) is 1. The number of Topliss-reactive ketones (excluding diaryl/α,β-unsaturated/α-hetero) is 1. The summed E-state index contributed by atoms with van der Waals surface area (Å²) in [5.74, 6) is -2.03. The summed E-state index contributed by atoms with van der Waals surface area (Å²) < 4.78 is 0. The van der Waals surface area contributed by atoms with Crippen LogP contribution in [0.25, 0.3) is 0 Å². The molecule has 1 N–H and O–H groups in total. The molecule has 0 spiro atoms. The average Bonchev–Trinajstić information content (AvgIpc) is 2.69. The smallest absolute Gasteiger partial charge is 0.335 e. The zero-order valence-corrected chi connectivity index (χ0v) is 19.7. The second-order valence-electron chi connectivity index (χ2n) is 8.90. The normalized spacial score (nSPS) is 20.4. The van der Waals surface area contributed by atoms with E-state index in [1.807, 2.05) is 13.8 Å². The lowest BCUT2D eigenvalue weighted by molar-refractivity contribution is -0.121. The third kappa shape index (κ3) is 3.94. The Morgan fingerprint density at radius 1 is 1.06 bits per heavy atom. The Kier molecular flexibility index (Phi) is 5.86. The second kappa shape index (κ2) is 8.22. The molecule has 8 heteroatoms. The molecule has 2 aromatic carbocycles. The minimum Gasteiger partial charge on any atom is -0.478 e. The molecule has 0 radical (unpaired) electrons. The van der Waals surface area contributed by atoms with Crippen LogP contribution in [0.3, 0.4) is 0 Å². The number of hydrogen-bond acceptors (Lipinski definition) is 3. The van der Waals surface area contributed by atoms with Gasteiger partial charge in [0.1, 0.15) is 0 Å². The van der Waals surface area contributed by atoms with Gasteiger partial charge in [0, 0.05) is 30.0 Å². The Bertz CT molecular complexity index is 1200. The number of ketones is 1. The van der Waals surface area contributed by atoms with Crippen molar-refractivity contribution in [3.8, 4) is 0 Å². The number of carbonyl (C=O) groups is 3. The molecule has 32 heavy (non-hydrogen) atoms. The minimum atomic E-state index is -1.13. The molecule has 0 bridgehead atoms. The van der Waals surface area contributed by atoms with E-state index in [0.29, 0.717) is 39.7 Å². The number of allylic oxidation sites excluding steroid dienone is 2. The van der Waals surface area contributed by atoms with Crippen LogP contribution in [0.15, 0.2) is 47.7 Å². The molecule has 1 unspecified atom stereocenters. The number of aromatic carboxylic acids is 1. The third-order valence-electron chi connectivity index (χ3n) is 5.93. The van der Waals surface area contributed by atoms with Crippen molar-refractivity contribution in [1.82, 2.24) is 0 Å². The number of carbonyl (C=O) groups excluding carboxylic acids is 2. The number of amides is 1. The molecule has 2 aromatic rings. The highest BCUT2D eigenvalue weighted by Gasteiger charge is 2.45. The Morgan fingerprint density at radius 2 is 1.78 bits per heavy atom. The first-order valence-electron chi connectivity index (χ1n) is 10.1. The number of halogens is 3. The van der Waals surface area contributed by atoms with Gasteiger partial charge in [-0.3, -0.25) is 14.5 Å². The predicted molar refractivity (Wildman–Crippen MR) is 125 cm³/mol. The highest BCUT2D eigenvalue weighted by Crippen LogP contribution is 2.50. The van der Waals surface area contributed by atoms with E-state index in [1.165, 1.54) is 23.1 Å². The topological polar surface area (TPSA) is 74.7 Å². The third-order valence-corrected chi connectivity index (χ3v) is 7.09. The van der Waals surface area contributed by atoms with Gasteiger partial charge in [-0.05, 0) is 41.7 Å². The molecule has 5 nitrogen and oxygen atoms in total. The van der Waals surface area contributed by atoms with Gasteiger partial charge in [0.25, 0.3) is 0 Å². The molecule has 4 rings (SSSR count). The first-order chi connectivity index (χ1) is 15.0. The Hall–Kier alpha value is -2.34. The van der Waals surface area contributed by atoms with Crippen LogP contribution in [0.2, 0.25) is 15.1 Å². The summed E-state index contributed by atoms with van der Waals surface area (Å²) in [5.41, 5.74) is 1.53. The summed E-state index contributed by atoms with van der Waals surface area (Å²) >= 11 is 19.1. The van der Waals surface area contributed by atoms with Crippen molar-refractivity contribution in [3.63, 3.8) is 0 Å². The number of anilines is 1. The van der Waals surface area contributed by atoms with E-state index in [0.717, 1.165) is 0 Å². The summed E-state index contributed by atoms with van der Waals surface area (Å²) in [7, 11) is 0. The van der Waals surface area contributed by atoms with Gasteiger partial charge < -0.3 is 5.11 Å². The molecule has 1 aliphatic carbocycles. The predicted octanol–water partition coefficient (Wildman–Crippen LogP) is 6.51. The highest BCUT2D eigenvalue weighted by atomic mass is 35.5. The van der Waals surface area contributed by atoms with Crippen molar-refractivity contribution >= 4 is 58.1 Å². The van der Waals surface area contributed by atoms with Crippen molar-refractivity contribution in [2.24, 2.45) is 5.41 Å². The largest absolute Gasteiger partial charge is 0.478 e. The quantitative estimate of drug-likeness (QED) is 0.530. The molecule has 0 aromatic heterocycles. The molecule has 1 atom stereocenters. The van der Waals surface area contributed by atoms with Crippen LogP contribution in [0, 0.1) is 5.41 Å². The maximum atomic E-state index is 13.5. The van der Waals surface area contributed by atoms with Crippen LogP contribution in [0.4, 0.5) is 5.69 Å². The van der Waals surface area contributed by atoms with Crippen molar-refractivity contribution in [2.75, 3.05) is 4.90 Å². The van der Waals surface area contributed by atoms with Crippen LogP contribution >= 0.6 is 34.8 Å². The second-order valence-corrected chi connectivity index (χ2v) is 10.1. The Morgan fingerprint density at radius 3 is 2.47 bits per heavy atom. The van der Waals surface area contributed by atoms with Gasteiger partial charge in [-0.1, -0.05) is 60.8 Å². The first kappa shape index (κ1) is 22.8. The molecule has 1 aliphatic heterocycles. The zero-order chi connectivity index (χ0) is 23.4. The SMILES string of the molecule is CC1(C)CC(=O)C2=C(C1)N(c1cc(C(=O)O)ccc1Cl)C(=O)CC2c1cccc(Cl)c1Cl. The molecule has 0 saturated carbocycles. The lowest BCUT2D eigenvalue weighted by Crippen LogP contribution is -2.44. The highest BCUT2D eigenvalue weighted by molar-refractivity contribution is 6.42. The number of hydrogen-bond donors (Lipinski definition) is 1. The number of rotatable bonds is 3. The van der Waals surface area contributed by atoms with Crippen molar-refractivity contribution in [3.05, 3.63) is 73.9 Å². The van der Waals surface area contributed by atoms with Gasteiger partial charge in [0.05, 0.1) is 26.3 Å². The summed E-state index contributed by atoms with van der Waals surface area (Å²) in [4.78, 5) is 39.8. The van der Waals surface area contributed by atoms with Crippen LogP contribution < -0.4 is 4.90 Å². The molecule has 0 fully saturated rings. The van der Waals surface area contributed by atoms with E-state index in [9.17, 15) is 19.5 Å². The molecular formula is C24H20Cl3NO4. The molecule has 166 valence electrons. The van der Waals surface area contributed by atoms with Crippen molar-refractivity contribution < 1.29 is 19.5 Å². The first-order valence-corrected chi connectivity index (χ1v) is 11.2. The maximum Gasteiger partial charge on any atom is 0.335 e. The van der Waals surface area contributed by atoms with E-state index in [2.05, 4.69) is 0 Å². The number of nitrogens with zero attached hydrogens (tertiary/aromatic N) is 1. The maximum absolute atomic E-state index is 13.5. The zero-order valence-electron chi connectivity index (χ0n) is 17.4. The summed E-state index contributed by atoms with van der Waals surface area (Å²) in [6.07, 6.45) is 0.756.